The van der Waals surface area contributed by atoms with Crippen molar-refractivity contribution in [3.63, 3.8) is 0 Å². The molecule has 2 heteroatoms. The molecule has 2 nitrogen and oxygen atoms in total. The largest absolute Gasteiger partial charge is 0.495 e. The first-order chi connectivity index (χ1) is 10.2. The molecular formula is C19H21NO. The molecule has 2 aromatic rings. The second-order valence-electron chi connectivity index (χ2n) is 5.10. The van der Waals surface area contributed by atoms with Crippen LogP contribution in [0.15, 0.2) is 66.9 Å². The fourth-order valence-electron chi connectivity index (χ4n) is 2.10. The summed E-state index contributed by atoms with van der Waals surface area (Å²) in [5.74, 6) is 1.18. The highest BCUT2D eigenvalue weighted by atomic mass is 16.5. The summed E-state index contributed by atoms with van der Waals surface area (Å²) >= 11 is 0. The van der Waals surface area contributed by atoms with E-state index in [-0.39, 0.29) is 0 Å². The van der Waals surface area contributed by atoms with Crippen LogP contribution < -0.4 is 4.74 Å². The van der Waals surface area contributed by atoms with Crippen molar-refractivity contribution in [1.29, 1.82) is 0 Å². The minimum Gasteiger partial charge on any atom is -0.495 e. The van der Waals surface area contributed by atoms with Gasteiger partial charge in [0.05, 0.1) is 12.8 Å². The summed E-state index contributed by atoms with van der Waals surface area (Å²) in [4.78, 5) is 4.56. The lowest BCUT2D eigenvalue weighted by Gasteiger charge is -2.12. The van der Waals surface area contributed by atoms with Crippen molar-refractivity contribution < 1.29 is 4.74 Å². The number of aromatic nitrogens is 1. The molecule has 0 amide bonds. The molecule has 21 heavy (non-hydrogen) atoms. The molecule has 0 radical (unpaired) electrons. The first kappa shape index (κ1) is 15.0. The van der Waals surface area contributed by atoms with Crippen molar-refractivity contribution in [1.82, 2.24) is 4.98 Å². The van der Waals surface area contributed by atoms with Crippen molar-refractivity contribution >= 4 is 0 Å². The standard InChI is InChI=1S/C19H21NO/c1-15(2)19-18(21-3)13-17(14-20-19)16-11-9-7-5-4-6-8-10-12-16/h4-15H,1-3H3. The van der Waals surface area contributed by atoms with Crippen LogP contribution in [0.25, 0.3) is 11.1 Å². The van der Waals surface area contributed by atoms with Gasteiger partial charge in [-0.1, -0.05) is 68.4 Å². The smallest absolute Gasteiger partial charge is 0.141 e. The molecule has 0 bridgehead atoms. The summed E-state index contributed by atoms with van der Waals surface area (Å²) in [7, 11) is 1.69. The summed E-state index contributed by atoms with van der Waals surface area (Å²) in [6.45, 7) is 4.24. The Hall–Kier alpha value is -2.35. The number of pyridine rings is 1. The molecule has 108 valence electrons. The van der Waals surface area contributed by atoms with E-state index in [4.69, 9.17) is 4.74 Å². The van der Waals surface area contributed by atoms with E-state index in [1.807, 2.05) is 48.7 Å². The van der Waals surface area contributed by atoms with Crippen molar-refractivity contribution in [2.24, 2.45) is 0 Å². The van der Waals surface area contributed by atoms with Crippen molar-refractivity contribution in [3.05, 3.63) is 72.6 Å². The lowest BCUT2D eigenvalue weighted by Crippen LogP contribution is -1.98. The molecule has 0 spiro atoms. The van der Waals surface area contributed by atoms with Crippen LogP contribution in [-0.2, 0) is 0 Å². The van der Waals surface area contributed by atoms with E-state index >= 15 is 0 Å². The van der Waals surface area contributed by atoms with Gasteiger partial charge in [0.25, 0.3) is 0 Å². The van der Waals surface area contributed by atoms with Gasteiger partial charge in [-0.2, -0.15) is 0 Å². The minimum absolute atomic E-state index is 0.343. The summed E-state index contributed by atoms with van der Waals surface area (Å²) in [6.07, 6.45) is 1.91. The molecule has 0 unspecified atom stereocenters. The molecule has 0 fully saturated rings. The normalized spacial score (nSPS) is 10.1. The Bertz CT molecular complexity index is 624. The molecule has 1 aromatic carbocycles. The van der Waals surface area contributed by atoms with Gasteiger partial charge < -0.3 is 4.74 Å². The van der Waals surface area contributed by atoms with Crippen LogP contribution in [0.1, 0.15) is 25.5 Å². The molecule has 1 aromatic heterocycles. The van der Waals surface area contributed by atoms with Crippen LogP contribution in [0, 0.1) is 0 Å². The van der Waals surface area contributed by atoms with E-state index in [1.54, 1.807) is 7.11 Å². The maximum absolute atomic E-state index is 5.48. The minimum atomic E-state index is 0.343. The maximum Gasteiger partial charge on any atom is 0.141 e. The number of ether oxygens (including phenoxy) is 1. The highest BCUT2D eigenvalue weighted by molar-refractivity contribution is 5.64. The average molecular weight is 279 g/mol. The monoisotopic (exact) mass is 279 g/mol. The fourth-order valence-corrected chi connectivity index (χ4v) is 2.10. The van der Waals surface area contributed by atoms with E-state index in [1.165, 1.54) is 0 Å². The van der Waals surface area contributed by atoms with Crippen molar-refractivity contribution in [2.45, 2.75) is 19.8 Å². The Kier molecular flexibility index (Phi) is 5.33. The SMILES string of the molecule is COc1cc(-c2ccccccccc2)cnc1C(C)C. The number of rotatable bonds is 3. The summed E-state index contributed by atoms with van der Waals surface area (Å²) in [6, 6.07) is 20.3. The Morgan fingerprint density at radius 2 is 1.43 bits per heavy atom. The Morgan fingerprint density at radius 3 is 1.95 bits per heavy atom. The van der Waals surface area contributed by atoms with Gasteiger partial charge in [-0.05, 0) is 17.5 Å². The Labute approximate surface area is 126 Å². The van der Waals surface area contributed by atoms with Gasteiger partial charge in [-0.15, -0.1) is 0 Å². The van der Waals surface area contributed by atoms with E-state index < -0.39 is 0 Å². The molecule has 0 aliphatic carbocycles. The zero-order chi connectivity index (χ0) is 15.1. The average Bonchev–Trinajstić information content (AvgIpc) is 2.51. The second kappa shape index (κ2) is 7.44. The molecule has 0 aliphatic heterocycles. The topological polar surface area (TPSA) is 22.1 Å². The Balaban J connectivity index is 2.52. The van der Waals surface area contributed by atoms with Crippen LogP contribution in [0.4, 0.5) is 0 Å². The maximum atomic E-state index is 5.48. The molecule has 0 saturated heterocycles. The third kappa shape index (κ3) is 4.06. The number of hydrogen-bond acceptors (Lipinski definition) is 2. The van der Waals surface area contributed by atoms with Gasteiger partial charge in [0.2, 0.25) is 0 Å². The third-order valence-electron chi connectivity index (χ3n) is 3.20. The number of hydrogen-bond donors (Lipinski definition) is 0. The third-order valence-corrected chi connectivity index (χ3v) is 3.20. The van der Waals surface area contributed by atoms with Crippen LogP contribution in [0.2, 0.25) is 0 Å². The van der Waals surface area contributed by atoms with Gasteiger partial charge in [0.1, 0.15) is 5.75 Å². The molecule has 0 saturated carbocycles. The predicted octanol–water partition coefficient (Wildman–Crippen LogP) is 5.01. The second-order valence-corrected chi connectivity index (χ2v) is 5.10. The lowest BCUT2D eigenvalue weighted by atomic mass is 10.0. The predicted molar refractivity (Wildman–Crippen MR) is 87.9 cm³/mol. The van der Waals surface area contributed by atoms with Gasteiger partial charge in [-0.3, -0.25) is 4.98 Å². The first-order valence-corrected chi connectivity index (χ1v) is 7.15. The highest BCUT2D eigenvalue weighted by Gasteiger charge is 2.10. The zero-order valence-electron chi connectivity index (χ0n) is 12.8. The Morgan fingerprint density at radius 1 is 0.857 bits per heavy atom. The summed E-state index contributed by atoms with van der Waals surface area (Å²) < 4.78 is 5.48. The fraction of sp³-hybridized carbons (Fsp3) is 0.211. The van der Waals surface area contributed by atoms with E-state index in [0.717, 1.165) is 22.6 Å². The molecule has 0 atom stereocenters. The van der Waals surface area contributed by atoms with Crippen LogP contribution in [0.3, 0.4) is 0 Å². The lowest BCUT2D eigenvalue weighted by molar-refractivity contribution is 0.404. The van der Waals surface area contributed by atoms with E-state index in [9.17, 15) is 0 Å². The summed E-state index contributed by atoms with van der Waals surface area (Å²) in [5, 5.41) is 0. The number of methoxy groups -OCH3 is 1. The molecule has 1 heterocycles. The molecule has 0 aliphatic rings. The van der Waals surface area contributed by atoms with Gasteiger partial charge in [0.15, 0.2) is 0 Å². The number of nitrogens with zero attached hydrogens (tertiary/aromatic N) is 1. The molecular weight excluding hydrogens is 258 g/mol. The van der Waals surface area contributed by atoms with E-state index in [2.05, 4.69) is 37.0 Å². The quantitative estimate of drug-likeness (QED) is 0.788. The zero-order valence-corrected chi connectivity index (χ0v) is 12.8. The molecule has 2 rings (SSSR count). The van der Waals surface area contributed by atoms with E-state index in [0.29, 0.717) is 5.92 Å². The van der Waals surface area contributed by atoms with Crippen molar-refractivity contribution in [3.8, 4) is 16.9 Å². The van der Waals surface area contributed by atoms with Crippen LogP contribution in [-0.4, -0.2) is 12.1 Å². The van der Waals surface area contributed by atoms with Crippen LogP contribution in [0.5, 0.6) is 5.75 Å². The highest BCUT2D eigenvalue weighted by Crippen LogP contribution is 2.28. The van der Waals surface area contributed by atoms with Crippen molar-refractivity contribution in [2.75, 3.05) is 7.11 Å². The first-order valence-electron chi connectivity index (χ1n) is 7.15. The van der Waals surface area contributed by atoms with Gasteiger partial charge in [-0.25, -0.2) is 0 Å². The summed E-state index contributed by atoms with van der Waals surface area (Å²) in [5.41, 5.74) is 3.14. The van der Waals surface area contributed by atoms with Gasteiger partial charge >= 0.3 is 0 Å². The van der Waals surface area contributed by atoms with Crippen LogP contribution >= 0.6 is 0 Å². The molecule has 0 N–H and O–H groups in total. The van der Waals surface area contributed by atoms with Gasteiger partial charge in [0, 0.05) is 11.8 Å².